The van der Waals surface area contributed by atoms with E-state index in [-0.39, 0.29) is 16.8 Å². The molecule has 3 rings (SSSR count). The number of para-hydroxylation sites is 2. The fraction of sp³-hybridized carbons (Fsp3) is 0.0909. The maximum absolute atomic E-state index is 12.8. The summed E-state index contributed by atoms with van der Waals surface area (Å²) in [5.41, 5.74) is 8.36. The molecule has 0 aliphatic heterocycles. The summed E-state index contributed by atoms with van der Waals surface area (Å²) in [6.07, 6.45) is 0. The number of amides is 2. The molecule has 6 heteroatoms. The zero-order chi connectivity index (χ0) is 20.3. The van der Waals surface area contributed by atoms with Crippen LogP contribution in [0.3, 0.4) is 0 Å². The number of nitrogen functional groups attached to an aromatic ring is 1. The molecular weight excluding hydrogens is 354 g/mol. The molecule has 0 aliphatic rings. The Kier molecular flexibility index (Phi) is 5.31. The van der Waals surface area contributed by atoms with Crippen LogP contribution in [0, 0.1) is 13.8 Å². The van der Waals surface area contributed by atoms with Crippen LogP contribution >= 0.6 is 0 Å². The highest BCUT2D eigenvalue weighted by atomic mass is 16.3. The predicted octanol–water partition coefficient (Wildman–Crippen LogP) is 4.10. The molecule has 0 saturated heterocycles. The van der Waals surface area contributed by atoms with Gasteiger partial charge in [0.05, 0.1) is 11.1 Å². The Morgan fingerprint density at radius 2 is 1.11 bits per heavy atom. The number of hydrogen-bond acceptors (Lipinski definition) is 4. The average molecular weight is 375 g/mol. The van der Waals surface area contributed by atoms with Gasteiger partial charge in [-0.25, -0.2) is 0 Å². The number of rotatable bonds is 4. The molecule has 28 heavy (non-hydrogen) atoms. The molecule has 0 atom stereocenters. The van der Waals surface area contributed by atoms with E-state index in [0.717, 1.165) is 0 Å². The number of carbonyl (C=O) groups excluding carboxylic acids is 2. The van der Waals surface area contributed by atoms with Gasteiger partial charge in [-0.1, -0.05) is 36.4 Å². The van der Waals surface area contributed by atoms with E-state index in [1.807, 2.05) is 12.1 Å². The molecule has 0 unspecified atom stereocenters. The van der Waals surface area contributed by atoms with Crippen molar-refractivity contribution in [2.75, 3.05) is 16.4 Å². The first-order valence-electron chi connectivity index (χ1n) is 8.74. The monoisotopic (exact) mass is 375 g/mol. The van der Waals surface area contributed by atoms with Crippen molar-refractivity contribution in [1.82, 2.24) is 0 Å². The number of nitrogens with one attached hydrogen (secondary N) is 2. The third kappa shape index (κ3) is 3.66. The molecule has 142 valence electrons. The zero-order valence-corrected chi connectivity index (χ0v) is 15.6. The average Bonchev–Trinajstić information content (AvgIpc) is 2.68. The topological polar surface area (TPSA) is 104 Å². The quantitative estimate of drug-likeness (QED) is 0.407. The number of nitrogens with two attached hydrogens (primary N) is 1. The van der Waals surface area contributed by atoms with E-state index in [9.17, 15) is 14.7 Å². The first kappa shape index (κ1) is 19.0. The molecular formula is C22H21N3O3. The van der Waals surface area contributed by atoms with Crippen LogP contribution in [0.4, 0.5) is 17.1 Å². The van der Waals surface area contributed by atoms with Crippen LogP contribution < -0.4 is 16.4 Å². The van der Waals surface area contributed by atoms with Gasteiger partial charge in [0.1, 0.15) is 5.75 Å². The third-order valence-corrected chi connectivity index (χ3v) is 4.55. The molecule has 2 amide bonds. The second-order valence-electron chi connectivity index (χ2n) is 6.40. The Hall–Kier alpha value is -3.80. The minimum Gasteiger partial charge on any atom is -0.506 e. The summed E-state index contributed by atoms with van der Waals surface area (Å²) < 4.78 is 0. The van der Waals surface area contributed by atoms with Gasteiger partial charge in [-0.2, -0.15) is 0 Å². The van der Waals surface area contributed by atoms with E-state index >= 15 is 0 Å². The van der Waals surface area contributed by atoms with Gasteiger partial charge in [0.2, 0.25) is 0 Å². The molecule has 0 heterocycles. The SMILES string of the molecule is Cc1c(N)c(C)c(C(=O)Nc2ccccc2)c(O)c1C(=O)Nc1ccccc1. The van der Waals surface area contributed by atoms with Crippen molar-refractivity contribution in [2.45, 2.75) is 13.8 Å². The Labute approximate surface area is 163 Å². The fourth-order valence-corrected chi connectivity index (χ4v) is 3.02. The standard InChI is InChI=1S/C22H21N3O3/c1-13-17(21(27)24-15-9-5-3-6-10-15)20(26)18(14(2)19(13)23)22(28)25-16-11-7-4-8-12-16/h3-12,26H,23H2,1-2H3,(H,24,27)(H,25,28). The number of carbonyl (C=O) groups is 2. The molecule has 0 bridgehead atoms. The predicted molar refractivity (Wildman–Crippen MR) is 111 cm³/mol. The summed E-state index contributed by atoms with van der Waals surface area (Å²) in [5, 5.41) is 16.2. The molecule has 0 saturated carbocycles. The maximum atomic E-state index is 12.8. The number of anilines is 3. The van der Waals surface area contributed by atoms with E-state index in [1.165, 1.54) is 0 Å². The lowest BCUT2D eigenvalue weighted by atomic mass is 9.94. The molecule has 6 nitrogen and oxygen atoms in total. The van der Waals surface area contributed by atoms with Crippen LogP contribution in [0.25, 0.3) is 0 Å². The molecule has 0 radical (unpaired) electrons. The Morgan fingerprint density at radius 1 is 0.750 bits per heavy atom. The van der Waals surface area contributed by atoms with Gasteiger partial charge in [0.15, 0.2) is 0 Å². The van der Waals surface area contributed by atoms with Gasteiger partial charge < -0.3 is 21.5 Å². The van der Waals surface area contributed by atoms with E-state index < -0.39 is 17.6 Å². The van der Waals surface area contributed by atoms with Crippen LogP contribution in [-0.2, 0) is 0 Å². The number of hydrogen-bond donors (Lipinski definition) is 4. The van der Waals surface area contributed by atoms with Crippen molar-refractivity contribution in [3.63, 3.8) is 0 Å². The summed E-state index contributed by atoms with van der Waals surface area (Å²) >= 11 is 0. The lowest BCUT2D eigenvalue weighted by Gasteiger charge is -2.18. The van der Waals surface area contributed by atoms with E-state index in [2.05, 4.69) is 10.6 Å². The summed E-state index contributed by atoms with van der Waals surface area (Å²) in [7, 11) is 0. The first-order valence-corrected chi connectivity index (χ1v) is 8.74. The Balaban J connectivity index is 2.02. The van der Waals surface area contributed by atoms with Gasteiger partial charge in [0, 0.05) is 17.1 Å². The number of benzene rings is 3. The summed E-state index contributed by atoms with van der Waals surface area (Å²) in [4.78, 5) is 25.6. The highest BCUT2D eigenvalue weighted by molar-refractivity contribution is 6.14. The second-order valence-corrected chi connectivity index (χ2v) is 6.40. The first-order chi connectivity index (χ1) is 13.4. The lowest BCUT2D eigenvalue weighted by molar-refractivity contribution is 0.102. The minimum absolute atomic E-state index is 0.0230. The number of phenolic OH excluding ortho intramolecular Hbond substituents is 1. The fourth-order valence-electron chi connectivity index (χ4n) is 3.02. The van der Waals surface area contributed by atoms with Crippen LogP contribution in [0.2, 0.25) is 0 Å². The largest absolute Gasteiger partial charge is 0.506 e. The Bertz CT molecular complexity index is 951. The van der Waals surface area contributed by atoms with Crippen molar-refractivity contribution in [1.29, 1.82) is 0 Å². The molecule has 0 aromatic heterocycles. The number of aromatic hydroxyl groups is 1. The third-order valence-electron chi connectivity index (χ3n) is 4.55. The van der Waals surface area contributed by atoms with E-state index in [0.29, 0.717) is 22.5 Å². The molecule has 0 spiro atoms. The highest BCUT2D eigenvalue weighted by Crippen LogP contribution is 2.35. The van der Waals surface area contributed by atoms with Crippen LogP contribution in [0.1, 0.15) is 31.8 Å². The van der Waals surface area contributed by atoms with Crippen LogP contribution in [0.15, 0.2) is 60.7 Å². The van der Waals surface area contributed by atoms with E-state index in [1.54, 1.807) is 62.4 Å². The summed E-state index contributed by atoms with van der Waals surface area (Å²) in [6.45, 7) is 3.28. The van der Waals surface area contributed by atoms with Crippen LogP contribution in [0.5, 0.6) is 5.75 Å². The van der Waals surface area contributed by atoms with Crippen molar-refractivity contribution in [3.8, 4) is 5.75 Å². The van der Waals surface area contributed by atoms with Gasteiger partial charge in [-0.3, -0.25) is 9.59 Å². The molecule has 3 aromatic carbocycles. The lowest BCUT2D eigenvalue weighted by Crippen LogP contribution is -2.20. The normalized spacial score (nSPS) is 10.4. The van der Waals surface area contributed by atoms with Crippen LogP contribution in [-0.4, -0.2) is 16.9 Å². The zero-order valence-electron chi connectivity index (χ0n) is 15.6. The Morgan fingerprint density at radius 3 is 1.46 bits per heavy atom. The van der Waals surface area contributed by atoms with Gasteiger partial charge in [0.25, 0.3) is 11.8 Å². The highest BCUT2D eigenvalue weighted by Gasteiger charge is 2.26. The summed E-state index contributed by atoms with van der Waals surface area (Å²) in [6, 6.07) is 17.7. The summed E-state index contributed by atoms with van der Waals surface area (Å²) in [5.74, 6) is -1.48. The van der Waals surface area contributed by atoms with E-state index in [4.69, 9.17) is 5.73 Å². The smallest absolute Gasteiger partial charge is 0.259 e. The van der Waals surface area contributed by atoms with Gasteiger partial charge in [-0.15, -0.1) is 0 Å². The van der Waals surface area contributed by atoms with Crippen molar-refractivity contribution < 1.29 is 14.7 Å². The van der Waals surface area contributed by atoms with Crippen molar-refractivity contribution in [2.24, 2.45) is 0 Å². The molecule has 0 aliphatic carbocycles. The molecule has 5 N–H and O–H groups in total. The molecule has 3 aromatic rings. The minimum atomic E-state index is -0.540. The van der Waals surface area contributed by atoms with Gasteiger partial charge in [-0.05, 0) is 49.2 Å². The maximum Gasteiger partial charge on any atom is 0.259 e. The van der Waals surface area contributed by atoms with Crippen molar-refractivity contribution >= 4 is 28.9 Å². The molecule has 0 fully saturated rings. The second kappa shape index (κ2) is 7.84. The number of phenols is 1. The van der Waals surface area contributed by atoms with Crippen molar-refractivity contribution in [3.05, 3.63) is 82.9 Å². The van der Waals surface area contributed by atoms with Gasteiger partial charge >= 0.3 is 0 Å².